The summed E-state index contributed by atoms with van der Waals surface area (Å²) in [7, 11) is 0. The predicted octanol–water partition coefficient (Wildman–Crippen LogP) is 4.64. The molecule has 0 bridgehead atoms. The van der Waals surface area contributed by atoms with E-state index in [9.17, 15) is 8.78 Å². The lowest BCUT2D eigenvalue weighted by Crippen LogP contribution is -2.29. The molecule has 0 aliphatic rings. The van der Waals surface area contributed by atoms with E-state index < -0.39 is 11.6 Å². The summed E-state index contributed by atoms with van der Waals surface area (Å²) in [6, 6.07) is 14.1. The molecule has 2 rings (SSSR count). The van der Waals surface area contributed by atoms with Crippen molar-refractivity contribution >= 4 is 0 Å². The molecule has 0 saturated carbocycles. The third kappa shape index (κ3) is 4.64. The molecule has 2 aromatic carbocycles. The van der Waals surface area contributed by atoms with Crippen LogP contribution in [0, 0.1) is 11.6 Å². The average Bonchev–Trinajstić information content (AvgIpc) is 2.46. The van der Waals surface area contributed by atoms with E-state index in [4.69, 9.17) is 0 Å². The highest BCUT2D eigenvalue weighted by Crippen LogP contribution is 2.19. The number of halogens is 2. The Morgan fingerprint density at radius 1 is 1.00 bits per heavy atom. The minimum Gasteiger partial charge on any atom is -0.308 e. The molecule has 21 heavy (non-hydrogen) atoms. The van der Waals surface area contributed by atoms with Crippen molar-refractivity contribution in [3.05, 3.63) is 71.3 Å². The minimum atomic E-state index is -0.541. The molecule has 2 aromatic rings. The van der Waals surface area contributed by atoms with E-state index in [1.165, 1.54) is 17.7 Å². The van der Waals surface area contributed by atoms with Crippen molar-refractivity contribution in [3.8, 4) is 0 Å². The van der Waals surface area contributed by atoms with Gasteiger partial charge in [0.2, 0.25) is 0 Å². The molecule has 1 N–H and O–H groups in total. The van der Waals surface area contributed by atoms with Crippen molar-refractivity contribution in [3.63, 3.8) is 0 Å². The Kier molecular flexibility index (Phi) is 5.45. The molecule has 0 aliphatic heterocycles. The van der Waals surface area contributed by atoms with Gasteiger partial charge in [0.05, 0.1) is 0 Å². The molecule has 112 valence electrons. The fourth-order valence-corrected chi connectivity index (χ4v) is 2.48. The second kappa shape index (κ2) is 7.32. The van der Waals surface area contributed by atoms with Gasteiger partial charge in [0.15, 0.2) is 0 Å². The van der Waals surface area contributed by atoms with E-state index in [-0.39, 0.29) is 12.1 Å². The van der Waals surface area contributed by atoms with Gasteiger partial charge in [0.1, 0.15) is 11.6 Å². The first-order valence-corrected chi connectivity index (χ1v) is 7.31. The molecular formula is C18H21F2N. The summed E-state index contributed by atoms with van der Waals surface area (Å²) in [5, 5.41) is 3.36. The highest BCUT2D eigenvalue weighted by Gasteiger charge is 2.14. The molecule has 2 unspecified atom stereocenters. The van der Waals surface area contributed by atoms with Crippen LogP contribution in [0.15, 0.2) is 48.5 Å². The van der Waals surface area contributed by atoms with E-state index in [0.717, 1.165) is 18.9 Å². The van der Waals surface area contributed by atoms with Gasteiger partial charge in [-0.2, -0.15) is 0 Å². The summed E-state index contributed by atoms with van der Waals surface area (Å²) in [6.45, 7) is 3.98. The van der Waals surface area contributed by atoms with Crippen LogP contribution in [0.1, 0.15) is 37.4 Å². The van der Waals surface area contributed by atoms with Gasteiger partial charge in [-0.25, -0.2) is 8.78 Å². The molecule has 1 nitrogen and oxygen atoms in total. The minimum absolute atomic E-state index is 0.142. The van der Waals surface area contributed by atoms with E-state index >= 15 is 0 Å². The Labute approximate surface area is 125 Å². The van der Waals surface area contributed by atoms with Crippen molar-refractivity contribution in [1.29, 1.82) is 0 Å². The quantitative estimate of drug-likeness (QED) is 0.817. The molecule has 0 radical (unpaired) electrons. The van der Waals surface area contributed by atoms with Crippen LogP contribution in [0.3, 0.4) is 0 Å². The Balaban J connectivity index is 1.88. The van der Waals surface area contributed by atoms with Crippen molar-refractivity contribution in [2.45, 2.75) is 38.8 Å². The molecular weight excluding hydrogens is 268 g/mol. The highest BCUT2D eigenvalue weighted by atomic mass is 19.1. The molecule has 2 atom stereocenters. The van der Waals surface area contributed by atoms with Crippen LogP contribution >= 0.6 is 0 Å². The van der Waals surface area contributed by atoms with Crippen LogP contribution in [-0.2, 0) is 6.42 Å². The fourth-order valence-electron chi connectivity index (χ4n) is 2.48. The van der Waals surface area contributed by atoms with Crippen LogP contribution in [0.25, 0.3) is 0 Å². The summed E-state index contributed by atoms with van der Waals surface area (Å²) >= 11 is 0. The largest absolute Gasteiger partial charge is 0.308 e. The van der Waals surface area contributed by atoms with Gasteiger partial charge in [0, 0.05) is 23.7 Å². The second-order valence-electron chi connectivity index (χ2n) is 5.48. The summed E-state index contributed by atoms with van der Waals surface area (Å²) in [5.41, 5.74) is 1.80. The maximum atomic E-state index is 13.7. The van der Waals surface area contributed by atoms with E-state index in [1.54, 1.807) is 0 Å². The number of aryl methyl sites for hydroxylation is 1. The summed E-state index contributed by atoms with van der Waals surface area (Å²) in [6.07, 6.45) is 1.95. The molecule has 0 aromatic heterocycles. The molecule has 0 spiro atoms. The van der Waals surface area contributed by atoms with Crippen LogP contribution in [0.5, 0.6) is 0 Å². The number of hydrogen-bond acceptors (Lipinski definition) is 1. The zero-order chi connectivity index (χ0) is 15.2. The topological polar surface area (TPSA) is 12.0 Å². The smallest absolute Gasteiger partial charge is 0.130 e. The third-order valence-corrected chi connectivity index (χ3v) is 3.67. The maximum Gasteiger partial charge on any atom is 0.130 e. The van der Waals surface area contributed by atoms with Crippen molar-refractivity contribution in [2.75, 3.05) is 0 Å². The lowest BCUT2D eigenvalue weighted by atomic mass is 10.0. The van der Waals surface area contributed by atoms with E-state index in [1.807, 2.05) is 25.1 Å². The summed E-state index contributed by atoms with van der Waals surface area (Å²) in [4.78, 5) is 0. The van der Waals surface area contributed by atoms with Gasteiger partial charge >= 0.3 is 0 Å². The summed E-state index contributed by atoms with van der Waals surface area (Å²) in [5.74, 6) is -1.04. The van der Waals surface area contributed by atoms with Crippen molar-refractivity contribution in [2.24, 2.45) is 0 Å². The van der Waals surface area contributed by atoms with E-state index in [0.29, 0.717) is 5.56 Å². The lowest BCUT2D eigenvalue weighted by Gasteiger charge is -2.21. The first-order valence-electron chi connectivity index (χ1n) is 7.31. The monoisotopic (exact) mass is 289 g/mol. The second-order valence-corrected chi connectivity index (χ2v) is 5.48. The van der Waals surface area contributed by atoms with Gasteiger partial charge in [-0.1, -0.05) is 36.4 Å². The van der Waals surface area contributed by atoms with Crippen LogP contribution < -0.4 is 5.32 Å². The number of benzene rings is 2. The lowest BCUT2D eigenvalue weighted by molar-refractivity contribution is 0.441. The fraction of sp³-hybridized carbons (Fsp3) is 0.333. The zero-order valence-electron chi connectivity index (χ0n) is 12.4. The molecule has 0 heterocycles. The van der Waals surface area contributed by atoms with Crippen molar-refractivity contribution < 1.29 is 8.78 Å². The van der Waals surface area contributed by atoms with Crippen LogP contribution in [-0.4, -0.2) is 6.04 Å². The number of hydrogen-bond donors (Lipinski definition) is 1. The van der Waals surface area contributed by atoms with Gasteiger partial charge in [-0.05, 0) is 38.3 Å². The predicted molar refractivity (Wildman–Crippen MR) is 82.1 cm³/mol. The van der Waals surface area contributed by atoms with Gasteiger partial charge in [0.25, 0.3) is 0 Å². The van der Waals surface area contributed by atoms with Gasteiger partial charge < -0.3 is 5.32 Å². The van der Waals surface area contributed by atoms with E-state index in [2.05, 4.69) is 24.4 Å². The maximum absolute atomic E-state index is 13.7. The molecule has 0 fully saturated rings. The molecule has 0 saturated heterocycles. The molecule has 3 heteroatoms. The Morgan fingerprint density at radius 2 is 1.71 bits per heavy atom. The average molecular weight is 289 g/mol. The van der Waals surface area contributed by atoms with Gasteiger partial charge in [-0.3, -0.25) is 0 Å². The Bertz CT molecular complexity index is 569. The first kappa shape index (κ1) is 15.6. The van der Waals surface area contributed by atoms with Gasteiger partial charge in [-0.15, -0.1) is 0 Å². The van der Waals surface area contributed by atoms with Crippen LogP contribution in [0.4, 0.5) is 8.78 Å². The Morgan fingerprint density at radius 3 is 2.38 bits per heavy atom. The summed E-state index contributed by atoms with van der Waals surface area (Å²) < 4.78 is 26.6. The van der Waals surface area contributed by atoms with Crippen molar-refractivity contribution in [1.82, 2.24) is 5.32 Å². The normalized spacial score (nSPS) is 13.9. The molecule has 0 aliphatic carbocycles. The SMILES string of the molecule is CC(CCc1ccccc1)NC(C)c1ccc(F)cc1F. The number of rotatable bonds is 6. The van der Waals surface area contributed by atoms with Crippen LogP contribution in [0.2, 0.25) is 0 Å². The highest BCUT2D eigenvalue weighted by molar-refractivity contribution is 5.21. The number of nitrogens with one attached hydrogen (secondary N) is 1. The molecule has 0 amide bonds. The zero-order valence-corrected chi connectivity index (χ0v) is 12.4. The standard InChI is InChI=1S/C18H21F2N/c1-13(8-9-15-6-4-3-5-7-15)21-14(2)17-11-10-16(19)12-18(17)20/h3-7,10-14,21H,8-9H2,1-2H3. The first-order chi connectivity index (χ1) is 10.1. The Hall–Kier alpha value is -1.74. The third-order valence-electron chi connectivity index (χ3n) is 3.67.